The molecule has 1 heterocycles. The maximum Gasteiger partial charge on any atom is 0.236 e. The minimum Gasteiger partial charge on any atom is -0.388 e. The van der Waals surface area contributed by atoms with E-state index in [4.69, 9.17) is 0 Å². The first-order valence-electron chi connectivity index (χ1n) is 7.45. The maximum absolute atomic E-state index is 12.3. The fourth-order valence-electron chi connectivity index (χ4n) is 2.70. The van der Waals surface area contributed by atoms with Crippen LogP contribution in [0, 0.1) is 0 Å². The van der Waals surface area contributed by atoms with Crippen LogP contribution in [-0.2, 0) is 11.2 Å². The van der Waals surface area contributed by atoms with Gasteiger partial charge in [0.05, 0.1) is 11.9 Å². The van der Waals surface area contributed by atoms with Crippen LogP contribution in [-0.4, -0.2) is 29.1 Å². The van der Waals surface area contributed by atoms with Gasteiger partial charge in [0, 0.05) is 18.0 Å². The van der Waals surface area contributed by atoms with Crippen LogP contribution in [0.5, 0.6) is 0 Å². The summed E-state index contributed by atoms with van der Waals surface area (Å²) in [5.41, 5.74) is 3.18. The zero-order valence-electron chi connectivity index (χ0n) is 12.3. The smallest absolute Gasteiger partial charge is 0.236 e. The quantitative estimate of drug-likeness (QED) is 0.922. The number of aliphatic hydroxyl groups is 1. The summed E-state index contributed by atoms with van der Waals surface area (Å²) in [4.78, 5) is 14.2. The molecule has 0 spiro atoms. The topological polar surface area (TPSA) is 40.5 Å². The van der Waals surface area contributed by atoms with Gasteiger partial charge in [0.25, 0.3) is 0 Å². The number of anilines is 1. The second-order valence-corrected chi connectivity index (χ2v) is 6.40. The van der Waals surface area contributed by atoms with Crippen LogP contribution >= 0.6 is 11.8 Å². The Kier molecular flexibility index (Phi) is 4.80. The number of aliphatic hydroxyl groups excluding tert-OH is 1. The van der Waals surface area contributed by atoms with Crippen LogP contribution in [0.3, 0.4) is 0 Å². The Morgan fingerprint density at radius 1 is 1.14 bits per heavy atom. The third-order valence-electron chi connectivity index (χ3n) is 3.87. The second kappa shape index (κ2) is 6.99. The lowest BCUT2D eigenvalue weighted by molar-refractivity contribution is -0.116. The lowest BCUT2D eigenvalue weighted by Crippen LogP contribution is -2.30. The molecule has 0 saturated carbocycles. The van der Waals surface area contributed by atoms with E-state index in [1.54, 1.807) is 0 Å². The number of carbonyl (C=O) groups is 1. The maximum atomic E-state index is 12.3. The van der Waals surface area contributed by atoms with Crippen molar-refractivity contribution in [3.8, 4) is 0 Å². The average Bonchev–Trinajstić information content (AvgIpc) is 2.99. The van der Waals surface area contributed by atoms with Crippen molar-refractivity contribution in [2.45, 2.75) is 12.5 Å². The highest BCUT2D eigenvalue weighted by molar-refractivity contribution is 8.00. The van der Waals surface area contributed by atoms with E-state index in [0.29, 0.717) is 11.5 Å². The number of carbonyl (C=O) groups excluding carboxylic acids is 1. The molecule has 22 heavy (non-hydrogen) atoms. The third kappa shape index (κ3) is 3.34. The number of fused-ring (bicyclic) bond motifs is 1. The Hall–Kier alpha value is -1.78. The first-order valence-corrected chi connectivity index (χ1v) is 8.60. The van der Waals surface area contributed by atoms with Crippen molar-refractivity contribution in [2.24, 2.45) is 0 Å². The largest absolute Gasteiger partial charge is 0.388 e. The third-order valence-corrected chi connectivity index (χ3v) is 4.88. The molecule has 0 saturated heterocycles. The molecule has 0 aromatic heterocycles. The van der Waals surface area contributed by atoms with Crippen LogP contribution in [0.2, 0.25) is 0 Å². The van der Waals surface area contributed by atoms with Crippen LogP contribution in [0.1, 0.15) is 17.2 Å². The first kappa shape index (κ1) is 15.1. The molecule has 1 aliphatic rings. The molecule has 114 valence electrons. The zero-order valence-corrected chi connectivity index (χ0v) is 13.1. The highest BCUT2D eigenvalue weighted by atomic mass is 32.2. The number of hydrogen-bond donors (Lipinski definition) is 1. The Bertz CT molecular complexity index is 645. The van der Waals surface area contributed by atoms with Crippen molar-refractivity contribution in [1.29, 1.82) is 0 Å². The van der Waals surface area contributed by atoms with Crippen LogP contribution in [0.4, 0.5) is 5.69 Å². The number of rotatable bonds is 5. The van der Waals surface area contributed by atoms with Crippen molar-refractivity contribution in [2.75, 3.05) is 23.0 Å². The predicted molar refractivity (Wildman–Crippen MR) is 91.2 cm³/mol. The summed E-state index contributed by atoms with van der Waals surface area (Å²) in [6.07, 6.45) is 0.407. The van der Waals surface area contributed by atoms with Gasteiger partial charge < -0.3 is 10.0 Å². The molecule has 1 unspecified atom stereocenters. The zero-order chi connectivity index (χ0) is 15.4. The SMILES string of the molecule is O=C(CSCC(O)c1ccccc1)N1CCc2ccccc21. The van der Waals surface area contributed by atoms with E-state index in [9.17, 15) is 9.90 Å². The van der Waals surface area contributed by atoms with Gasteiger partial charge in [0.15, 0.2) is 0 Å². The van der Waals surface area contributed by atoms with E-state index in [1.807, 2.05) is 53.4 Å². The van der Waals surface area contributed by atoms with E-state index in [1.165, 1.54) is 17.3 Å². The van der Waals surface area contributed by atoms with Gasteiger partial charge in [-0.1, -0.05) is 48.5 Å². The lowest BCUT2D eigenvalue weighted by Gasteiger charge is -2.17. The fourth-order valence-corrected chi connectivity index (χ4v) is 3.57. The van der Waals surface area contributed by atoms with Gasteiger partial charge in [-0.05, 0) is 23.6 Å². The second-order valence-electron chi connectivity index (χ2n) is 5.37. The number of amides is 1. The molecule has 0 fully saturated rings. The van der Waals surface area contributed by atoms with Crippen LogP contribution < -0.4 is 4.90 Å². The van der Waals surface area contributed by atoms with E-state index in [0.717, 1.165) is 24.2 Å². The Morgan fingerprint density at radius 2 is 1.86 bits per heavy atom. The number of benzene rings is 2. The van der Waals surface area contributed by atoms with Crippen molar-refractivity contribution in [3.05, 3.63) is 65.7 Å². The summed E-state index contributed by atoms with van der Waals surface area (Å²) in [6.45, 7) is 0.764. The summed E-state index contributed by atoms with van der Waals surface area (Å²) in [5, 5.41) is 10.1. The molecular formula is C18H19NO2S. The number of thioether (sulfide) groups is 1. The molecular weight excluding hydrogens is 294 g/mol. The molecule has 3 rings (SSSR count). The van der Waals surface area contributed by atoms with E-state index in [-0.39, 0.29) is 5.91 Å². The monoisotopic (exact) mass is 313 g/mol. The highest BCUT2D eigenvalue weighted by Gasteiger charge is 2.23. The Labute approximate surface area is 135 Å². The van der Waals surface area contributed by atoms with Crippen molar-refractivity contribution >= 4 is 23.4 Å². The van der Waals surface area contributed by atoms with Gasteiger partial charge in [-0.3, -0.25) is 4.79 Å². The molecule has 2 aromatic carbocycles. The summed E-state index contributed by atoms with van der Waals surface area (Å²) in [6, 6.07) is 17.6. The summed E-state index contributed by atoms with van der Waals surface area (Å²) in [7, 11) is 0. The van der Waals surface area contributed by atoms with Gasteiger partial charge in [0.1, 0.15) is 0 Å². The molecule has 1 atom stereocenters. The molecule has 0 bridgehead atoms. The minimum absolute atomic E-state index is 0.121. The van der Waals surface area contributed by atoms with Crippen LogP contribution in [0.25, 0.3) is 0 Å². The molecule has 0 aliphatic carbocycles. The highest BCUT2D eigenvalue weighted by Crippen LogP contribution is 2.28. The van der Waals surface area contributed by atoms with Crippen molar-refractivity contribution in [3.63, 3.8) is 0 Å². The molecule has 4 heteroatoms. The molecule has 0 radical (unpaired) electrons. The minimum atomic E-state index is -0.523. The van der Waals surface area contributed by atoms with Gasteiger partial charge in [-0.2, -0.15) is 0 Å². The standard InChI is InChI=1S/C18H19NO2S/c20-17(15-7-2-1-3-8-15)12-22-13-18(21)19-11-10-14-6-4-5-9-16(14)19/h1-9,17,20H,10-13H2. The Morgan fingerprint density at radius 3 is 2.68 bits per heavy atom. The van der Waals surface area contributed by atoms with Gasteiger partial charge in [0.2, 0.25) is 5.91 Å². The lowest BCUT2D eigenvalue weighted by atomic mass is 10.1. The van der Waals surface area contributed by atoms with Crippen molar-refractivity contribution < 1.29 is 9.90 Å². The molecule has 1 N–H and O–H groups in total. The number of para-hydroxylation sites is 1. The van der Waals surface area contributed by atoms with Crippen LogP contribution in [0.15, 0.2) is 54.6 Å². The summed E-state index contributed by atoms with van der Waals surface area (Å²) < 4.78 is 0. The number of hydrogen-bond acceptors (Lipinski definition) is 3. The number of nitrogens with zero attached hydrogens (tertiary/aromatic N) is 1. The molecule has 1 aliphatic heterocycles. The van der Waals surface area contributed by atoms with Crippen molar-refractivity contribution in [1.82, 2.24) is 0 Å². The van der Waals surface area contributed by atoms with E-state index >= 15 is 0 Å². The summed E-state index contributed by atoms with van der Waals surface area (Å²) >= 11 is 1.48. The normalized spacial score (nSPS) is 14.7. The molecule has 3 nitrogen and oxygen atoms in total. The average molecular weight is 313 g/mol. The fraction of sp³-hybridized carbons (Fsp3) is 0.278. The predicted octanol–water partition coefficient (Wildman–Crippen LogP) is 3.04. The van der Waals surface area contributed by atoms with Gasteiger partial charge in [-0.25, -0.2) is 0 Å². The van der Waals surface area contributed by atoms with Gasteiger partial charge >= 0.3 is 0 Å². The van der Waals surface area contributed by atoms with Gasteiger partial charge in [-0.15, -0.1) is 11.8 Å². The van der Waals surface area contributed by atoms with E-state index in [2.05, 4.69) is 6.07 Å². The molecule has 1 amide bonds. The first-order chi connectivity index (χ1) is 10.8. The summed E-state index contributed by atoms with van der Waals surface area (Å²) in [5.74, 6) is 1.05. The van der Waals surface area contributed by atoms with E-state index < -0.39 is 6.10 Å². The molecule has 2 aromatic rings. The Balaban J connectivity index is 1.51.